The van der Waals surface area contributed by atoms with Crippen molar-refractivity contribution >= 4 is 24.8 Å². The zero-order valence-electron chi connectivity index (χ0n) is 16.6. The minimum Gasteiger partial charge on any atom is -0.496 e. The second kappa shape index (κ2) is 10.6. The van der Waals surface area contributed by atoms with E-state index in [0.717, 1.165) is 42.6 Å². The lowest BCUT2D eigenvalue weighted by Gasteiger charge is -2.36. The van der Waals surface area contributed by atoms with Crippen molar-refractivity contribution in [1.29, 1.82) is 0 Å². The van der Waals surface area contributed by atoms with Crippen molar-refractivity contribution in [2.75, 3.05) is 26.7 Å². The SMILES string of the molecule is COc1ccccc1C1CNCCN1Cc1ncc(-c2ccc(C)cc2)o1.Cl.Cl. The van der Waals surface area contributed by atoms with Crippen LogP contribution in [0.3, 0.4) is 0 Å². The number of nitrogens with zero attached hydrogens (tertiary/aromatic N) is 2. The number of para-hydroxylation sites is 1. The first-order chi connectivity index (χ1) is 13.2. The Morgan fingerprint density at radius 3 is 2.66 bits per heavy atom. The first-order valence-corrected chi connectivity index (χ1v) is 9.34. The summed E-state index contributed by atoms with van der Waals surface area (Å²) < 4.78 is 11.6. The molecule has 0 radical (unpaired) electrons. The number of hydrogen-bond acceptors (Lipinski definition) is 5. The first-order valence-electron chi connectivity index (χ1n) is 9.34. The van der Waals surface area contributed by atoms with Gasteiger partial charge in [-0.15, -0.1) is 24.8 Å². The Morgan fingerprint density at radius 1 is 1.14 bits per heavy atom. The van der Waals surface area contributed by atoms with Gasteiger partial charge >= 0.3 is 0 Å². The number of methoxy groups -OCH3 is 1. The molecule has 0 bridgehead atoms. The van der Waals surface area contributed by atoms with E-state index in [9.17, 15) is 0 Å². The molecule has 2 aromatic carbocycles. The van der Waals surface area contributed by atoms with Gasteiger partial charge in [0.1, 0.15) is 5.75 Å². The predicted octanol–water partition coefficient (Wildman–Crippen LogP) is 4.65. The maximum Gasteiger partial charge on any atom is 0.209 e. The highest BCUT2D eigenvalue weighted by molar-refractivity contribution is 5.85. The Kier molecular flexibility index (Phi) is 8.53. The molecule has 3 aromatic rings. The number of oxazole rings is 1. The molecule has 1 unspecified atom stereocenters. The number of nitrogens with one attached hydrogen (secondary N) is 1. The second-order valence-electron chi connectivity index (χ2n) is 6.92. The van der Waals surface area contributed by atoms with Crippen molar-refractivity contribution in [2.24, 2.45) is 0 Å². The summed E-state index contributed by atoms with van der Waals surface area (Å²) in [4.78, 5) is 6.92. The molecule has 1 fully saturated rings. The number of rotatable bonds is 5. The first kappa shape index (κ1) is 23.2. The predicted molar refractivity (Wildman–Crippen MR) is 120 cm³/mol. The Labute approximate surface area is 184 Å². The highest BCUT2D eigenvalue weighted by atomic mass is 35.5. The third-order valence-electron chi connectivity index (χ3n) is 5.08. The summed E-state index contributed by atoms with van der Waals surface area (Å²) in [6.07, 6.45) is 1.82. The number of hydrogen-bond donors (Lipinski definition) is 1. The number of piperazine rings is 1. The van der Waals surface area contributed by atoms with Gasteiger partial charge in [0.25, 0.3) is 0 Å². The molecule has 1 aliphatic heterocycles. The van der Waals surface area contributed by atoms with Gasteiger partial charge in [0.2, 0.25) is 5.89 Å². The fourth-order valence-electron chi connectivity index (χ4n) is 3.59. The monoisotopic (exact) mass is 435 g/mol. The Hall–Kier alpha value is -2.05. The molecule has 2 heterocycles. The maximum absolute atomic E-state index is 6.05. The van der Waals surface area contributed by atoms with Gasteiger partial charge < -0.3 is 14.5 Å². The Bertz CT molecular complexity index is 899. The molecule has 0 saturated carbocycles. The third-order valence-corrected chi connectivity index (χ3v) is 5.08. The van der Waals surface area contributed by atoms with Crippen molar-refractivity contribution in [3.8, 4) is 17.1 Å². The standard InChI is InChI=1S/C22H25N3O2.2ClH/c1-16-7-9-17(10-8-16)21-14-24-22(27-21)15-25-12-11-23-13-19(25)18-5-3-4-6-20(18)26-2;;/h3-10,14,19,23H,11-13,15H2,1-2H3;2*1H. The normalized spacial score (nSPS) is 16.6. The minimum absolute atomic E-state index is 0. The topological polar surface area (TPSA) is 50.5 Å². The number of benzene rings is 2. The van der Waals surface area contributed by atoms with Crippen LogP contribution in [-0.2, 0) is 6.54 Å². The fraction of sp³-hybridized carbons (Fsp3) is 0.318. The van der Waals surface area contributed by atoms with Crippen LogP contribution in [0.15, 0.2) is 59.1 Å². The minimum atomic E-state index is 0. The van der Waals surface area contributed by atoms with E-state index >= 15 is 0 Å². The summed E-state index contributed by atoms with van der Waals surface area (Å²) in [5.41, 5.74) is 3.48. The molecule has 0 aliphatic carbocycles. The zero-order valence-corrected chi connectivity index (χ0v) is 18.3. The van der Waals surface area contributed by atoms with Crippen LogP contribution in [0.1, 0.15) is 23.1 Å². The lowest BCUT2D eigenvalue weighted by molar-refractivity contribution is 0.138. The van der Waals surface area contributed by atoms with Gasteiger partial charge in [0.05, 0.1) is 25.9 Å². The number of aryl methyl sites for hydroxylation is 1. The fourth-order valence-corrected chi connectivity index (χ4v) is 3.59. The van der Waals surface area contributed by atoms with Crippen LogP contribution in [0.4, 0.5) is 0 Å². The van der Waals surface area contributed by atoms with Crippen molar-refractivity contribution in [2.45, 2.75) is 19.5 Å². The molecule has 156 valence electrons. The van der Waals surface area contributed by atoms with Crippen LogP contribution in [0, 0.1) is 6.92 Å². The molecule has 29 heavy (non-hydrogen) atoms. The quantitative estimate of drug-likeness (QED) is 0.631. The molecular formula is C22H27Cl2N3O2. The third kappa shape index (κ3) is 5.31. The highest BCUT2D eigenvalue weighted by Gasteiger charge is 2.27. The van der Waals surface area contributed by atoms with Crippen molar-refractivity contribution in [1.82, 2.24) is 15.2 Å². The van der Waals surface area contributed by atoms with Crippen LogP contribution in [-0.4, -0.2) is 36.6 Å². The average Bonchev–Trinajstić information content (AvgIpc) is 3.17. The average molecular weight is 436 g/mol. The van der Waals surface area contributed by atoms with Crippen LogP contribution in [0.25, 0.3) is 11.3 Å². The van der Waals surface area contributed by atoms with Crippen LogP contribution in [0.2, 0.25) is 0 Å². The van der Waals surface area contributed by atoms with Gasteiger partial charge in [-0.1, -0.05) is 48.0 Å². The van der Waals surface area contributed by atoms with E-state index in [-0.39, 0.29) is 30.9 Å². The molecule has 0 spiro atoms. The molecule has 1 saturated heterocycles. The molecule has 4 rings (SSSR count). The Morgan fingerprint density at radius 2 is 1.90 bits per heavy atom. The van der Waals surface area contributed by atoms with Crippen LogP contribution in [0.5, 0.6) is 5.75 Å². The van der Waals surface area contributed by atoms with Gasteiger partial charge in [0.15, 0.2) is 5.76 Å². The molecule has 0 amide bonds. The van der Waals surface area contributed by atoms with E-state index in [2.05, 4.69) is 58.5 Å². The second-order valence-corrected chi connectivity index (χ2v) is 6.92. The van der Waals surface area contributed by atoms with E-state index in [4.69, 9.17) is 9.15 Å². The number of ether oxygens (including phenoxy) is 1. The maximum atomic E-state index is 6.05. The van der Waals surface area contributed by atoms with E-state index in [1.165, 1.54) is 11.1 Å². The van der Waals surface area contributed by atoms with E-state index in [0.29, 0.717) is 6.54 Å². The molecular weight excluding hydrogens is 409 g/mol. The molecule has 7 heteroatoms. The van der Waals surface area contributed by atoms with Crippen LogP contribution >= 0.6 is 24.8 Å². The van der Waals surface area contributed by atoms with Crippen molar-refractivity contribution in [3.63, 3.8) is 0 Å². The van der Waals surface area contributed by atoms with E-state index in [1.54, 1.807) is 7.11 Å². The number of aromatic nitrogens is 1. The lowest BCUT2D eigenvalue weighted by atomic mass is 10.0. The summed E-state index contributed by atoms with van der Waals surface area (Å²) in [5, 5.41) is 3.49. The van der Waals surface area contributed by atoms with Crippen molar-refractivity contribution in [3.05, 3.63) is 71.7 Å². The van der Waals surface area contributed by atoms with Crippen LogP contribution < -0.4 is 10.1 Å². The molecule has 1 N–H and O–H groups in total. The van der Waals surface area contributed by atoms with Gasteiger partial charge in [-0.05, 0) is 13.0 Å². The number of halogens is 2. The molecule has 1 aromatic heterocycles. The van der Waals surface area contributed by atoms with Gasteiger partial charge in [-0.25, -0.2) is 4.98 Å². The zero-order chi connectivity index (χ0) is 18.6. The van der Waals surface area contributed by atoms with Gasteiger partial charge in [-0.2, -0.15) is 0 Å². The molecule has 1 aliphatic rings. The Balaban J connectivity index is 0.00000150. The lowest BCUT2D eigenvalue weighted by Crippen LogP contribution is -2.45. The summed E-state index contributed by atoms with van der Waals surface area (Å²) in [5.74, 6) is 2.48. The summed E-state index contributed by atoms with van der Waals surface area (Å²) >= 11 is 0. The summed E-state index contributed by atoms with van der Waals surface area (Å²) in [6.45, 7) is 5.53. The molecule has 1 atom stereocenters. The van der Waals surface area contributed by atoms with Gasteiger partial charge in [-0.3, -0.25) is 4.90 Å². The summed E-state index contributed by atoms with van der Waals surface area (Å²) in [6, 6.07) is 16.8. The summed E-state index contributed by atoms with van der Waals surface area (Å²) in [7, 11) is 1.72. The van der Waals surface area contributed by atoms with Gasteiger partial charge in [0, 0.05) is 30.8 Å². The van der Waals surface area contributed by atoms with Crippen molar-refractivity contribution < 1.29 is 9.15 Å². The smallest absolute Gasteiger partial charge is 0.209 e. The van der Waals surface area contributed by atoms with E-state index < -0.39 is 0 Å². The van der Waals surface area contributed by atoms with E-state index in [1.807, 2.05) is 18.3 Å². The highest BCUT2D eigenvalue weighted by Crippen LogP contribution is 2.31. The molecule has 5 nitrogen and oxygen atoms in total. The largest absolute Gasteiger partial charge is 0.496 e.